The summed E-state index contributed by atoms with van der Waals surface area (Å²) in [6, 6.07) is 5.86. The van der Waals surface area contributed by atoms with Crippen molar-refractivity contribution >= 4 is 17.5 Å². The molecule has 0 amide bonds. The fourth-order valence-corrected chi connectivity index (χ4v) is 3.33. The molecule has 0 spiro atoms. The Bertz CT molecular complexity index is 747. The topological polar surface area (TPSA) is 47.8 Å². The number of benzene rings is 1. The molecule has 0 saturated heterocycles. The molecule has 1 aromatic carbocycles. The van der Waals surface area contributed by atoms with Crippen molar-refractivity contribution in [3.05, 3.63) is 53.4 Å². The van der Waals surface area contributed by atoms with Crippen LogP contribution in [0.2, 0.25) is 0 Å². The van der Waals surface area contributed by atoms with E-state index in [2.05, 4.69) is 28.3 Å². The zero-order valence-electron chi connectivity index (χ0n) is 13.6. The van der Waals surface area contributed by atoms with Crippen molar-refractivity contribution in [2.24, 2.45) is 0 Å². The average Bonchev–Trinajstić information content (AvgIpc) is 3.30. The van der Waals surface area contributed by atoms with Crippen LogP contribution in [-0.2, 0) is 6.54 Å². The van der Waals surface area contributed by atoms with Gasteiger partial charge in [0.2, 0.25) is 0 Å². The summed E-state index contributed by atoms with van der Waals surface area (Å²) >= 11 is 1.46. The molecule has 1 saturated carbocycles. The number of aromatic nitrogens is 3. The summed E-state index contributed by atoms with van der Waals surface area (Å²) in [4.78, 5) is 12.4. The molecule has 5 heteroatoms. The highest BCUT2D eigenvalue weighted by Crippen LogP contribution is 2.40. The van der Waals surface area contributed by atoms with E-state index in [-0.39, 0.29) is 5.78 Å². The van der Waals surface area contributed by atoms with Gasteiger partial charge in [0.05, 0.1) is 5.75 Å². The van der Waals surface area contributed by atoms with Crippen LogP contribution in [0.1, 0.15) is 46.1 Å². The Kier molecular flexibility index (Phi) is 4.66. The number of Topliss-reactive ketones (excluding diaryl/α,β-unsaturated/α-hetero) is 1. The Hall–Kier alpha value is -1.88. The van der Waals surface area contributed by atoms with Gasteiger partial charge in [-0.1, -0.05) is 30.0 Å². The quantitative estimate of drug-likeness (QED) is 0.439. The lowest BCUT2D eigenvalue weighted by Gasteiger charge is -2.07. The summed E-state index contributed by atoms with van der Waals surface area (Å²) < 4.78 is 2.09. The minimum absolute atomic E-state index is 0.124. The van der Waals surface area contributed by atoms with Gasteiger partial charge in [0.15, 0.2) is 10.9 Å². The maximum Gasteiger partial charge on any atom is 0.191 e. The average molecular weight is 327 g/mol. The van der Waals surface area contributed by atoms with E-state index in [1.807, 2.05) is 31.2 Å². The van der Waals surface area contributed by atoms with Crippen molar-refractivity contribution in [3.63, 3.8) is 0 Å². The minimum atomic E-state index is 0.124. The number of carbonyl (C=O) groups is 1. The summed E-state index contributed by atoms with van der Waals surface area (Å²) in [7, 11) is 0. The highest BCUT2D eigenvalue weighted by atomic mass is 32.2. The summed E-state index contributed by atoms with van der Waals surface area (Å²) in [5.74, 6) is 2.07. The van der Waals surface area contributed by atoms with Crippen LogP contribution in [0, 0.1) is 13.8 Å². The van der Waals surface area contributed by atoms with E-state index in [4.69, 9.17) is 0 Å². The second-order valence-electron chi connectivity index (χ2n) is 6.03. The van der Waals surface area contributed by atoms with Crippen molar-refractivity contribution in [2.75, 3.05) is 5.75 Å². The van der Waals surface area contributed by atoms with Crippen LogP contribution < -0.4 is 0 Å². The molecule has 1 aliphatic rings. The van der Waals surface area contributed by atoms with E-state index in [1.165, 1.54) is 30.2 Å². The fourth-order valence-electron chi connectivity index (χ4n) is 2.48. The molecule has 1 aromatic heterocycles. The molecule has 0 atom stereocenters. The summed E-state index contributed by atoms with van der Waals surface area (Å²) in [6.07, 6.45) is 4.22. The van der Waals surface area contributed by atoms with Crippen molar-refractivity contribution in [1.29, 1.82) is 0 Å². The molecule has 0 bridgehead atoms. The van der Waals surface area contributed by atoms with Crippen LogP contribution in [0.5, 0.6) is 0 Å². The lowest BCUT2D eigenvalue weighted by atomic mass is 10.0. The first-order chi connectivity index (χ1) is 11.1. The minimum Gasteiger partial charge on any atom is -0.302 e. The maximum absolute atomic E-state index is 12.4. The summed E-state index contributed by atoms with van der Waals surface area (Å²) in [5, 5.41) is 9.38. The molecule has 0 aliphatic heterocycles. The number of hydrogen-bond acceptors (Lipinski definition) is 4. The van der Waals surface area contributed by atoms with Crippen LogP contribution in [0.4, 0.5) is 0 Å². The van der Waals surface area contributed by atoms with Crippen molar-refractivity contribution in [3.8, 4) is 0 Å². The first-order valence-electron chi connectivity index (χ1n) is 7.87. The highest BCUT2D eigenvalue weighted by molar-refractivity contribution is 7.99. The second kappa shape index (κ2) is 6.71. The number of thioether (sulfide) groups is 1. The first kappa shape index (κ1) is 16.0. The molecule has 1 fully saturated rings. The molecule has 120 valence electrons. The van der Waals surface area contributed by atoms with E-state index < -0.39 is 0 Å². The molecule has 1 aliphatic carbocycles. The van der Waals surface area contributed by atoms with Gasteiger partial charge in [-0.25, -0.2) is 0 Å². The summed E-state index contributed by atoms with van der Waals surface area (Å²) in [5.41, 5.74) is 3.11. The highest BCUT2D eigenvalue weighted by Gasteiger charge is 2.30. The van der Waals surface area contributed by atoms with E-state index in [9.17, 15) is 4.79 Å². The largest absolute Gasteiger partial charge is 0.302 e. The first-order valence-corrected chi connectivity index (χ1v) is 8.86. The van der Waals surface area contributed by atoms with Gasteiger partial charge in [0.25, 0.3) is 0 Å². The van der Waals surface area contributed by atoms with E-state index in [0.29, 0.717) is 18.2 Å². The Labute approximate surface area is 141 Å². The number of allylic oxidation sites excluding steroid dienone is 1. The van der Waals surface area contributed by atoms with E-state index in [0.717, 1.165) is 22.1 Å². The van der Waals surface area contributed by atoms with Gasteiger partial charge >= 0.3 is 0 Å². The van der Waals surface area contributed by atoms with Gasteiger partial charge in [0, 0.05) is 18.0 Å². The molecule has 3 rings (SSSR count). The standard InChI is InChI=1S/C18H21N3OS/c1-4-9-21-17(14-7-8-14)19-20-18(21)23-11-16(22)15-6-5-12(2)13(3)10-15/h4-6,10,14H,1,7-9,11H2,2-3H3. The molecular formula is C18H21N3OS. The molecule has 4 nitrogen and oxygen atoms in total. The van der Waals surface area contributed by atoms with Gasteiger partial charge < -0.3 is 4.57 Å². The number of ketones is 1. The van der Waals surface area contributed by atoms with E-state index >= 15 is 0 Å². The van der Waals surface area contributed by atoms with Crippen molar-refractivity contribution in [2.45, 2.75) is 44.3 Å². The van der Waals surface area contributed by atoms with Crippen LogP contribution in [0.25, 0.3) is 0 Å². The Morgan fingerprint density at radius 2 is 2.13 bits per heavy atom. The second-order valence-corrected chi connectivity index (χ2v) is 6.97. The zero-order chi connectivity index (χ0) is 16.4. The third-order valence-electron chi connectivity index (χ3n) is 4.16. The molecule has 0 unspecified atom stereocenters. The van der Waals surface area contributed by atoms with Crippen LogP contribution in [0.15, 0.2) is 36.0 Å². The monoisotopic (exact) mass is 327 g/mol. The fraction of sp³-hybridized carbons (Fsp3) is 0.389. The SMILES string of the molecule is C=CCn1c(SCC(=O)c2ccc(C)c(C)c2)nnc1C1CC1. The van der Waals surface area contributed by atoms with Gasteiger partial charge in [-0.05, 0) is 43.9 Å². The third kappa shape index (κ3) is 3.55. The van der Waals surface area contributed by atoms with Gasteiger partial charge in [-0.15, -0.1) is 16.8 Å². The molecule has 23 heavy (non-hydrogen) atoms. The van der Waals surface area contributed by atoms with Crippen LogP contribution in [0.3, 0.4) is 0 Å². The summed E-state index contributed by atoms with van der Waals surface area (Å²) in [6.45, 7) is 8.58. The predicted molar refractivity (Wildman–Crippen MR) is 93.2 cm³/mol. The normalized spacial score (nSPS) is 14.0. The van der Waals surface area contributed by atoms with E-state index in [1.54, 1.807) is 0 Å². The van der Waals surface area contributed by atoms with Gasteiger partial charge in [0.1, 0.15) is 5.82 Å². The number of aryl methyl sites for hydroxylation is 2. The Morgan fingerprint density at radius 1 is 1.35 bits per heavy atom. The van der Waals surface area contributed by atoms with Crippen molar-refractivity contribution in [1.82, 2.24) is 14.8 Å². The predicted octanol–water partition coefficient (Wildman–Crippen LogP) is 3.93. The number of rotatable bonds is 7. The molecule has 0 N–H and O–H groups in total. The Balaban J connectivity index is 1.71. The van der Waals surface area contributed by atoms with Gasteiger partial charge in [-0.3, -0.25) is 4.79 Å². The van der Waals surface area contributed by atoms with Crippen LogP contribution >= 0.6 is 11.8 Å². The molecule has 2 aromatic rings. The van der Waals surface area contributed by atoms with Crippen LogP contribution in [-0.4, -0.2) is 26.3 Å². The Morgan fingerprint density at radius 3 is 2.78 bits per heavy atom. The van der Waals surface area contributed by atoms with Crippen molar-refractivity contribution < 1.29 is 4.79 Å². The zero-order valence-corrected chi connectivity index (χ0v) is 14.4. The lowest BCUT2D eigenvalue weighted by Crippen LogP contribution is -2.06. The third-order valence-corrected chi connectivity index (χ3v) is 5.13. The smallest absolute Gasteiger partial charge is 0.191 e. The number of nitrogens with zero attached hydrogens (tertiary/aromatic N) is 3. The molecular weight excluding hydrogens is 306 g/mol. The molecule has 1 heterocycles. The lowest BCUT2D eigenvalue weighted by molar-refractivity contribution is 0.102. The van der Waals surface area contributed by atoms with Gasteiger partial charge in [-0.2, -0.15) is 0 Å². The number of hydrogen-bond donors (Lipinski definition) is 0. The number of carbonyl (C=O) groups excluding carboxylic acids is 1. The molecule has 0 radical (unpaired) electrons. The maximum atomic E-state index is 12.4.